The van der Waals surface area contributed by atoms with Gasteiger partial charge in [0.1, 0.15) is 11.3 Å². The number of nitrogens with one attached hydrogen (secondary N) is 3. The van der Waals surface area contributed by atoms with E-state index in [4.69, 9.17) is 23.2 Å². The fourth-order valence-corrected chi connectivity index (χ4v) is 2.86. The minimum Gasteiger partial charge on any atom is -0.360 e. The maximum absolute atomic E-state index is 12.3. The fourth-order valence-electron chi connectivity index (χ4n) is 2.54. The number of hydrazine groups is 1. The summed E-state index contributed by atoms with van der Waals surface area (Å²) in [5, 5.41) is 25.8. The average Bonchev–Trinajstić information content (AvgIpc) is 2.77. The maximum Gasteiger partial charge on any atom is 0.354 e. The van der Waals surface area contributed by atoms with E-state index in [-0.39, 0.29) is 28.8 Å². The van der Waals surface area contributed by atoms with Crippen LogP contribution in [0.5, 0.6) is 0 Å². The molecule has 32 heavy (non-hydrogen) atoms. The summed E-state index contributed by atoms with van der Waals surface area (Å²) in [5.74, 6) is -1.17. The molecule has 0 bridgehead atoms. The number of nitrogens with zero attached hydrogens (tertiary/aromatic N) is 4. The van der Waals surface area contributed by atoms with E-state index in [1.165, 1.54) is 12.1 Å². The van der Waals surface area contributed by atoms with Crippen molar-refractivity contribution in [1.29, 1.82) is 0 Å². The van der Waals surface area contributed by atoms with Gasteiger partial charge in [-0.3, -0.25) is 35.9 Å². The van der Waals surface area contributed by atoms with Crippen molar-refractivity contribution >= 4 is 52.1 Å². The molecular weight excluding hydrogens is 465 g/mol. The topological polar surface area (TPSA) is 165 Å². The van der Waals surface area contributed by atoms with Gasteiger partial charge in [-0.15, -0.1) is 0 Å². The predicted octanol–water partition coefficient (Wildman–Crippen LogP) is 3.97. The Morgan fingerprint density at radius 1 is 0.969 bits per heavy atom. The van der Waals surface area contributed by atoms with Crippen molar-refractivity contribution in [1.82, 2.24) is 15.4 Å². The maximum atomic E-state index is 12.3. The van der Waals surface area contributed by atoms with Crippen molar-refractivity contribution in [3.05, 3.63) is 90.2 Å². The third kappa shape index (κ3) is 5.36. The fraction of sp³-hybridized carbons (Fsp3) is 0.0556. The van der Waals surface area contributed by atoms with Crippen LogP contribution >= 0.6 is 23.2 Å². The minimum absolute atomic E-state index is 0.0844. The number of carbonyl (C=O) groups excluding carboxylic acids is 1. The summed E-state index contributed by atoms with van der Waals surface area (Å²) in [6.45, 7) is 0.218. The van der Waals surface area contributed by atoms with Gasteiger partial charge in [-0.2, -0.15) is 0 Å². The average molecular weight is 478 g/mol. The van der Waals surface area contributed by atoms with Crippen LogP contribution in [0.1, 0.15) is 15.9 Å². The Hall–Kier alpha value is -4.03. The molecule has 1 aromatic heterocycles. The highest BCUT2D eigenvalue weighted by atomic mass is 35.5. The molecule has 1 heterocycles. The van der Waals surface area contributed by atoms with Crippen LogP contribution in [-0.4, -0.2) is 25.7 Å². The molecule has 0 aliphatic carbocycles. The molecule has 0 saturated heterocycles. The van der Waals surface area contributed by atoms with Gasteiger partial charge in [-0.25, -0.2) is 9.97 Å². The minimum atomic E-state index is -0.798. The second kappa shape index (κ2) is 9.85. The lowest BCUT2D eigenvalue weighted by atomic mass is 10.2. The number of hydrogen-bond donors (Lipinski definition) is 3. The second-order valence-corrected chi connectivity index (χ2v) is 7.00. The SMILES string of the molecule is O=C(NNc1ncnc(NCc2ccc(Cl)cc2)c1[N+](=O)[O-])c1ccc(Cl)c([N+](=O)[O-])c1. The van der Waals surface area contributed by atoms with E-state index in [2.05, 4.69) is 26.1 Å². The van der Waals surface area contributed by atoms with Crippen molar-refractivity contribution < 1.29 is 14.6 Å². The zero-order valence-electron chi connectivity index (χ0n) is 15.9. The van der Waals surface area contributed by atoms with Crippen LogP contribution in [0.25, 0.3) is 0 Å². The Morgan fingerprint density at radius 2 is 1.66 bits per heavy atom. The van der Waals surface area contributed by atoms with E-state index in [0.29, 0.717) is 5.02 Å². The normalized spacial score (nSPS) is 10.3. The predicted molar refractivity (Wildman–Crippen MR) is 117 cm³/mol. The molecule has 12 nitrogen and oxygen atoms in total. The first-order valence-corrected chi connectivity index (χ1v) is 9.50. The molecule has 1 amide bonds. The number of nitro benzene ring substituents is 1. The summed E-state index contributed by atoms with van der Waals surface area (Å²) in [5.41, 5.74) is 4.30. The van der Waals surface area contributed by atoms with Crippen LogP contribution in [0.15, 0.2) is 48.8 Å². The van der Waals surface area contributed by atoms with E-state index in [1.807, 2.05) is 0 Å². The molecule has 0 unspecified atom stereocenters. The quantitative estimate of drug-likeness (QED) is 0.321. The van der Waals surface area contributed by atoms with Gasteiger partial charge in [-0.1, -0.05) is 35.3 Å². The van der Waals surface area contributed by atoms with Crippen LogP contribution in [0.3, 0.4) is 0 Å². The van der Waals surface area contributed by atoms with Crippen LogP contribution in [0.4, 0.5) is 23.0 Å². The van der Waals surface area contributed by atoms with Crippen LogP contribution in [-0.2, 0) is 6.54 Å². The Balaban J connectivity index is 1.76. The molecule has 3 rings (SSSR count). The highest BCUT2D eigenvalue weighted by Crippen LogP contribution is 2.29. The molecular formula is C18H13Cl2N7O5. The van der Waals surface area contributed by atoms with Crippen LogP contribution < -0.4 is 16.2 Å². The van der Waals surface area contributed by atoms with Crippen molar-refractivity contribution in [2.24, 2.45) is 0 Å². The Morgan fingerprint density at radius 3 is 2.31 bits per heavy atom. The summed E-state index contributed by atoms with van der Waals surface area (Å²) in [4.78, 5) is 41.1. The van der Waals surface area contributed by atoms with E-state index in [9.17, 15) is 25.0 Å². The lowest BCUT2D eigenvalue weighted by molar-refractivity contribution is -0.384. The number of carbonyl (C=O) groups is 1. The summed E-state index contributed by atoms with van der Waals surface area (Å²) in [6, 6.07) is 10.3. The largest absolute Gasteiger partial charge is 0.360 e. The van der Waals surface area contributed by atoms with Gasteiger partial charge >= 0.3 is 5.69 Å². The van der Waals surface area contributed by atoms with Crippen molar-refractivity contribution in [2.45, 2.75) is 6.54 Å². The Bertz CT molecular complexity index is 1190. The monoisotopic (exact) mass is 477 g/mol. The number of halogens is 2. The number of benzene rings is 2. The number of anilines is 2. The van der Waals surface area contributed by atoms with E-state index >= 15 is 0 Å². The zero-order valence-corrected chi connectivity index (χ0v) is 17.4. The van der Waals surface area contributed by atoms with E-state index < -0.39 is 27.1 Å². The number of nitro groups is 2. The van der Waals surface area contributed by atoms with E-state index in [1.54, 1.807) is 24.3 Å². The molecule has 0 fully saturated rings. The van der Waals surface area contributed by atoms with Crippen molar-refractivity contribution in [3.63, 3.8) is 0 Å². The third-order valence-electron chi connectivity index (χ3n) is 4.08. The number of hydrogen-bond acceptors (Lipinski definition) is 9. The number of aromatic nitrogens is 2. The van der Waals surface area contributed by atoms with Crippen molar-refractivity contribution in [3.8, 4) is 0 Å². The molecule has 0 saturated carbocycles. The van der Waals surface area contributed by atoms with Gasteiger partial charge in [-0.05, 0) is 29.8 Å². The Kier molecular flexibility index (Phi) is 6.97. The highest BCUT2D eigenvalue weighted by molar-refractivity contribution is 6.32. The lowest BCUT2D eigenvalue weighted by Crippen LogP contribution is -2.30. The number of rotatable bonds is 8. The summed E-state index contributed by atoms with van der Waals surface area (Å²) in [7, 11) is 0. The van der Waals surface area contributed by atoms with Gasteiger partial charge < -0.3 is 5.32 Å². The summed E-state index contributed by atoms with van der Waals surface area (Å²) >= 11 is 11.6. The molecule has 3 N–H and O–H groups in total. The molecule has 14 heteroatoms. The van der Waals surface area contributed by atoms with Gasteiger partial charge in [0.05, 0.1) is 9.85 Å². The molecule has 3 aromatic rings. The Labute approximate surface area is 189 Å². The summed E-state index contributed by atoms with van der Waals surface area (Å²) in [6.07, 6.45) is 1.07. The first-order valence-electron chi connectivity index (χ1n) is 8.74. The van der Waals surface area contributed by atoms with Crippen molar-refractivity contribution in [2.75, 3.05) is 10.7 Å². The van der Waals surface area contributed by atoms with E-state index in [0.717, 1.165) is 18.0 Å². The zero-order chi connectivity index (χ0) is 23.3. The first-order chi connectivity index (χ1) is 15.3. The third-order valence-corrected chi connectivity index (χ3v) is 4.65. The highest BCUT2D eigenvalue weighted by Gasteiger charge is 2.24. The first kappa shape index (κ1) is 22.7. The van der Waals surface area contributed by atoms with Gasteiger partial charge in [0.25, 0.3) is 11.6 Å². The standard InChI is InChI=1S/C18H13Cl2N7O5/c19-12-4-1-10(2-5-12)8-21-16-15(27(31)32)17(23-9-22-16)24-25-18(28)11-3-6-13(20)14(7-11)26(29)30/h1-7,9H,8H2,(H,25,28)(H2,21,22,23,24). The number of amides is 1. The molecule has 164 valence electrons. The molecule has 0 spiro atoms. The molecule has 0 radical (unpaired) electrons. The summed E-state index contributed by atoms with van der Waals surface area (Å²) < 4.78 is 0. The molecule has 0 atom stereocenters. The molecule has 0 aliphatic heterocycles. The molecule has 2 aromatic carbocycles. The smallest absolute Gasteiger partial charge is 0.354 e. The van der Waals surface area contributed by atoms with Crippen LogP contribution in [0, 0.1) is 20.2 Å². The van der Waals surface area contributed by atoms with Gasteiger partial charge in [0, 0.05) is 23.2 Å². The van der Waals surface area contributed by atoms with Crippen LogP contribution in [0.2, 0.25) is 10.0 Å². The van der Waals surface area contributed by atoms with Gasteiger partial charge in [0.15, 0.2) is 0 Å². The molecule has 0 aliphatic rings. The van der Waals surface area contributed by atoms with Gasteiger partial charge in [0.2, 0.25) is 11.6 Å². The second-order valence-electron chi connectivity index (χ2n) is 6.16. The lowest BCUT2D eigenvalue weighted by Gasteiger charge is -2.11.